The van der Waals surface area contributed by atoms with Crippen LogP contribution in [0.2, 0.25) is 0 Å². The molecule has 1 saturated carbocycles. The lowest BCUT2D eigenvalue weighted by Gasteiger charge is -2.04. The molecule has 2 aromatic rings. The quantitative estimate of drug-likeness (QED) is 0.812. The molecule has 0 bridgehead atoms. The Labute approximate surface area is 92.5 Å². The minimum atomic E-state index is -0.0713. The van der Waals surface area contributed by atoms with E-state index in [0.717, 1.165) is 24.1 Å². The molecule has 1 fully saturated rings. The van der Waals surface area contributed by atoms with E-state index in [1.807, 2.05) is 19.1 Å². The highest BCUT2D eigenvalue weighted by Gasteiger charge is 2.25. The van der Waals surface area contributed by atoms with Crippen molar-refractivity contribution >= 4 is 11.4 Å². The first-order valence-electron chi connectivity index (χ1n) is 5.37. The lowest BCUT2D eigenvalue weighted by Crippen LogP contribution is -2.27. The van der Waals surface area contributed by atoms with Crippen LogP contribution in [-0.2, 0) is 0 Å². The van der Waals surface area contributed by atoms with Crippen molar-refractivity contribution in [2.45, 2.75) is 25.8 Å². The average Bonchev–Trinajstić information content (AvgIpc) is 3.02. The maximum absolute atomic E-state index is 11.9. The normalized spacial score (nSPS) is 15.3. The smallest absolute Gasteiger partial charge is 0.270 e. The molecule has 0 aromatic carbocycles. The van der Waals surface area contributed by atoms with E-state index in [2.05, 4.69) is 15.6 Å². The van der Waals surface area contributed by atoms with Gasteiger partial charge in [-0.3, -0.25) is 4.79 Å². The molecule has 2 heterocycles. The molecule has 0 spiro atoms. The lowest BCUT2D eigenvalue weighted by molar-refractivity contribution is 0.0943. The maximum Gasteiger partial charge on any atom is 0.270 e. The van der Waals surface area contributed by atoms with E-state index in [9.17, 15) is 4.79 Å². The Balaban J connectivity index is 2.04. The summed E-state index contributed by atoms with van der Waals surface area (Å²) in [6.45, 7) is 1.88. The largest absolute Gasteiger partial charge is 0.348 e. The number of nitrogens with one attached hydrogen (secondary N) is 1. The number of pyridine rings is 1. The van der Waals surface area contributed by atoms with Gasteiger partial charge >= 0.3 is 0 Å². The van der Waals surface area contributed by atoms with Gasteiger partial charge in [-0.25, -0.2) is 4.52 Å². The van der Waals surface area contributed by atoms with E-state index in [1.165, 1.54) is 0 Å². The van der Waals surface area contributed by atoms with Crippen molar-refractivity contribution in [2.75, 3.05) is 0 Å². The third-order valence-electron chi connectivity index (χ3n) is 2.76. The minimum absolute atomic E-state index is 0.0713. The number of amides is 1. The highest BCUT2D eigenvalue weighted by molar-refractivity contribution is 5.93. The summed E-state index contributed by atoms with van der Waals surface area (Å²) in [5.74, 6) is -0.0713. The van der Waals surface area contributed by atoms with E-state index >= 15 is 0 Å². The molecule has 5 heteroatoms. The van der Waals surface area contributed by atoms with Gasteiger partial charge in [0.2, 0.25) is 0 Å². The number of carbonyl (C=O) groups excluding carboxylic acids is 1. The zero-order valence-electron chi connectivity index (χ0n) is 8.97. The number of carbonyl (C=O) groups is 1. The Kier molecular flexibility index (Phi) is 1.92. The van der Waals surface area contributed by atoms with Crippen LogP contribution in [0.25, 0.3) is 5.52 Å². The van der Waals surface area contributed by atoms with E-state index < -0.39 is 0 Å². The molecule has 5 nitrogen and oxygen atoms in total. The maximum atomic E-state index is 11.9. The van der Waals surface area contributed by atoms with E-state index in [4.69, 9.17) is 0 Å². The summed E-state index contributed by atoms with van der Waals surface area (Å²) in [7, 11) is 0. The summed E-state index contributed by atoms with van der Waals surface area (Å²) in [5.41, 5.74) is 2.26. The van der Waals surface area contributed by atoms with Crippen LogP contribution in [0.4, 0.5) is 0 Å². The van der Waals surface area contributed by atoms with Gasteiger partial charge in [-0.05, 0) is 31.9 Å². The Bertz CT molecular complexity index is 556. The predicted molar refractivity (Wildman–Crippen MR) is 58.2 cm³/mol. The first-order chi connectivity index (χ1) is 7.75. The zero-order valence-corrected chi connectivity index (χ0v) is 8.97. The molecule has 0 atom stereocenters. The van der Waals surface area contributed by atoms with Crippen molar-refractivity contribution in [3.8, 4) is 0 Å². The van der Waals surface area contributed by atoms with Crippen molar-refractivity contribution in [3.63, 3.8) is 0 Å². The van der Waals surface area contributed by atoms with Crippen LogP contribution in [-0.4, -0.2) is 26.8 Å². The molecule has 0 unspecified atom stereocenters. The van der Waals surface area contributed by atoms with Gasteiger partial charge in [0.05, 0.1) is 11.2 Å². The van der Waals surface area contributed by atoms with Gasteiger partial charge < -0.3 is 5.32 Å². The number of hydrogen-bond acceptors (Lipinski definition) is 3. The van der Waals surface area contributed by atoms with Gasteiger partial charge in [-0.1, -0.05) is 11.3 Å². The first kappa shape index (κ1) is 9.33. The second-order valence-corrected chi connectivity index (χ2v) is 4.13. The summed E-state index contributed by atoms with van der Waals surface area (Å²) in [6.07, 6.45) is 2.16. The first-order valence-corrected chi connectivity index (χ1v) is 5.37. The van der Waals surface area contributed by atoms with Gasteiger partial charge in [0.1, 0.15) is 5.69 Å². The van der Waals surface area contributed by atoms with Gasteiger partial charge in [-0.2, -0.15) is 0 Å². The molecule has 0 aliphatic heterocycles. The molecule has 82 valence electrons. The fourth-order valence-corrected chi connectivity index (χ4v) is 1.69. The second-order valence-electron chi connectivity index (χ2n) is 4.13. The molecule has 1 N–H and O–H groups in total. The van der Waals surface area contributed by atoms with E-state index in [-0.39, 0.29) is 5.91 Å². The summed E-state index contributed by atoms with van der Waals surface area (Å²) >= 11 is 0. The van der Waals surface area contributed by atoms with Crippen LogP contribution in [0.15, 0.2) is 18.2 Å². The number of hydrogen-bond donors (Lipinski definition) is 1. The van der Waals surface area contributed by atoms with Crippen LogP contribution in [0, 0.1) is 6.92 Å². The molecule has 0 saturated heterocycles. The fraction of sp³-hybridized carbons (Fsp3) is 0.364. The monoisotopic (exact) mass is 216 g/mol. The van der Waals surface area contributed by atoms with Crippen LogP contribution in [0.1, 0.15) is 29.0 Å². The van der Waals surface area contributed by atoms with E-state index in [0.29, 0.717) is 11.7 Å². The number of rotatable bonds is 2. The van der Waals surface area contributed by atoms with Gasteiger partial charge in [0.25, 0.3) is 5.91 Å². The minimum Gasteiger partial charge on any atom is -0.348 e. The molecular formula is C11H12N4O. The summed E-state index contributed by atoms with van der Waals surface area (Å²) in [5, 5.41) is 10.9. The molecule has 16 heavy (non-hydrogen) atoms. The van der Waals surface area contributed by atoms with Crippen molar-refractivity contribution in [1.82, 2.24) is 20.1 Å². The second kappa shape index (κ2) is 3.30. The summed E-state index contributed by atoms with van der Waals surface area (Å²) in [6, 6.07) is 5.88. The topological polar surface area (TPSA) is 59.3 Å². The molecule has 3 rings (SSSR count). The lowest BCUT2D eigenvalue weighted by atomic mass is 10.3. The number of aromatic nitrogens is 3. The molecule has 2 aromatic heterocycles. The third kappa shape index (κ3) is 1.44. The van der Waals surface area contributed by atoms with Crippen LogP contribution in [0.3, 0.4) is 0 Å². The van der Waals surface area contributed by atoms with Crippen LogP contribution in [0.5, 0.6) is 0 Å². The standard InChI is InChI=1S/C11H12N4O/c1-7-9-3-2-4-10(15(9)14-13-7)11(16)12-8-5-6-8/h2-4,8H,5-6H2,1H3,(H,12,16). The van der Waals surface area contributed by atoms with Gasteiger partial charge in [0, 0.05) is 6.04 Å². The van der Waals surface area contributed by atoms with Crippen LogP contribution >= 0.6 is 0 Å². The summed E-state index contributed by atoms with van der Waals surface area (Å²) < 4.78 is 1.59. The SMILES string of the molecule is Cc1nnn2c(C(=O)NC3CC3)cccc12. The zero-order chi connectivity index (χ0) is 11.1. The number of nitrogens with zero attached hydrogens (tertiary/aromatic N) is 3. The van der Waals surface area contributed by atoms with E-state index in [1.54, 1.807) is 10.6 Å². The molecule has 1 aliphatic carbocycles. The summed E-state index contributed by atoms with van der Waals surface area (Å²) in [4.78, 5) is 11.9. The molecule has 1 aliphatic rings. The highest BCUT2D eigenvalue weighted by Crippen LogP contribution is 2.19. The van der Waals surface area contributed by atoms with Gasteiger partial charge in [0.15, 0.2) is 0 Å². The number of fused-ring (bicyclic) bond motifs is 1. The Hall–Kier alpha value is -1.91. The van der Waals surface area contributed by atoms with Crippen molar-refractivity contribution in [3.05, 3.63) is 29.6 Å². The molecular weight excluding hydrogens is 204 g/mol. The Morgan fingerprint density at radius 2 is 2.31 bits per heavy atom. The Morgan fingerprint density at radius 3 is 3.06 bits per heavy atom. The predicted octanol–water partition coefficient (Wildman–Crippen LogP) is 0.930. The van der Waals surface area contributed by atoms with Crippen LogP contribution < -0.4 is 5.32 Å². The van der Waals surface area contributed by atoms with Crippen molar-refractivity contribution in [1.29, 1.82) is 0 Å². The van der Waals surface area contributed by atoms with Crippen molar-refractivity contribution < 1.29 is 4.79 Å². The third-order valence-corrected chi connectivity index (χ3v) is 2.76. The Morgan fingerprint density at radius 1 is 1.50 bits per heavy atom. The fourth-order valence-electron chi connectivity index (χ4n) is 1.69. The van der Waals surface area contributed by atoms with Gasteiger partial charge in [-0.15, -0.1) is 5.10 Å². The number of aryl methyl sites for hydroxylation is 1. The average molecular weight is 216 g/mol. The molecule has 0 radical (unpaired) electrons. The molecule has 1 amide bonds. The highest BCUT2D eigenvalue weighted by atomic mass is 16.2. The van der Waals surface area contributed by atoms with Crippen molar-refractivity contribution in [2.24, 2.45) is 0 Å².